The Labute approximate surface area is 89.4 Å². The van der Waals surface area contributed by atoms with Crippen LogP contribution in [0.4, 0.5) is 0 Å². The fraction of sp³-hybridized carbons (Fsp3) is 0.600. The maximum atomic E-state index is 11.6. The van der Waals surface area contributed by atoms with Crippen molar-refractivity contribution in [3.63, 3.8) is 0 Å². The highest BCUT2D eigenvalue weighted by Crippen LogP contribution is 2.05. The van der Waals surface area contributed by atoms with Crippen molar-refractivity contribution in [2.24, 2.45) is 11.7 Å². The molecule has 1 amide bonds. The first-order valence-electron chi connectivity index (χ1n) is 5.16. The van der Waals surface area contributed by atoms with Crippen molar-refractivity contribution >= 4 is 5.91 Å². The predicted octanol–water partition coefficient (Wildman–Crippen LogP) is 0.399. The molecule has 0 aliphatic rings. The Kier molecular flexibility index (Phi) is 4.30. The second-order valence-electron chi connectivity index (χ2n) is 3.71. The molecule has 1 aromatic rings. The standard InChI is InChI=1S/C10H18N4O/c1-3-7(2)9(11)10(15)12-6-8-4-5-13-14-8/h4-5,7,9H,3,6,11H2,1-2H3,(H,12,15)(H,13,14)/t7-,9-/m0/s1. The van der Waals surface area contributed by atoms with E-state index in [1.807, 2.05) is 19.9 Å². The zero-order valence-electron chi connectivity index (χ0n) is 9.16. The van der Waals surface area contributed by atoms with Crippen LogP contribution in [0.25, 0.3) is 0 Å². The average molecular weight is 210 g/mol. The van der Waals surface area contributed by atoms with Crippen LogP contribution in [0.2, 0.25) is 0 Å². The zero-order chi connectivity index (χ0) is 11.3. The van der Waals surface area contributed by atoms with Crippen LogP contribution >= 0.6 is 0 Å². The Balaban J connectivity index is 2.36. The molecule has 0 aliphatic heterocycles. The quantitative estimate of drug-likeness (QED) is 0.657. The van der Waals surface area contributed by atoms with Gasteiger partial charge in [0.2, 0.25) is 5.91 Å². The third-order valence-corrected chi connectivity index (χ3v) is 2.57. The van der Waals surface area contributed by atoms with E-state index in [-0.39, 0.29) is 11.8 Å². The zero-order valence-corrected chi connectivity index (χ0v) is 9.16. The normalized spacial score (nSPS) is 14.6. The van der Waals surface area contributed by atoms with Crippen molar-refractivity contribution in [2.75, 3.05) is 0 Å². The molecule has 5 nitrogen and oxygen atoms in total. The van der Waals surface area contributed by atoms with Crippen LogP contribution in [0.5, 0.6) is 0 Å². The summed E-state index contributed by atoms with van der Waals surface area (Å²) in [6, 6.07) is 1.38. The van der Waals surface area contributed by atoms with Gasteiger partial charge in [-0.25, -0.2) is 0 Å². The van der Waals surface area contributed by atoms with Gasteiger partial charge >= 0.3 is 0 Å². The van der Waals surface area contributed by atoms with Crippen molar-refractivity contribution in [2.45, 2.75) is 32.9 Å². The maximum absolute atomic E-state index is 11.6. The first-order chi connectivity index (χ1) is 7.15. The van der Waals surface area contributed by atoms with Crippen LogP contribution in [0.1, 0.15) is 26.0 Å². The molecule has 15 heavy (non-hydrogen) atoms. The highest BCUT2D eigenvalue weighted by atomic mass is 16.2. The molecular weight excluding hydrogens is 192 g/mol. The summed E-state index contributed by atoms with van der Waals surface area (Å²) in [5, 5.41) is 9.32. The molecule has 0 aliphatic carbocycles. The number of aromatic amines is 1. The minimum atomic E-state index is -0.432. The summed E-state index contributed by atoms with van der Waals surface area (Å²) < 4.78 is 0. The van der Waals surface area contributed by atoms with Crippen molar-refractivity contribution < 1.29 is 4.79 Å². The summed E-state index contributed by atoms with van der Waals surface area (Å²) in [5.74, 6) is 0.0886. The van der Waals surface area contributed by atoms with Crippen molar-refractivity contribution in [1.29, 1.82) is 0 Å². The predicted molar refractivity (Wildman–Crippen MR) is 57.9 cm³/mol. The molecule has 1 rings (SSSR count). The number of carbonyl (C=O) groups is 1. The Bertz CT molecular complexity index is 296. The smallest absolute Gasteiger partial charge is 0.237 e. The number of H-pyrrole nitrogens is 1. The first-order valence-corrected chi connectivity index (χ1v) is 5.16. The number of hydrogen-bond acceptors (Lipinski definition) is 3. The number of carbonyl (C=O) groups excluding carboxylic acids is 1. The van der Waals surface area contributed by atoms with E-state index in [0.29, 0.717) is 6.54 Å². The van der Waals surface area contributed by atoms with Gasteiger partial charge in [0.15, 0.2) is 0 Å². The second-order valence-corrected chi connectivity index (χ2v) is 3.71. The molecule has 5 heteroatoms. The molecule has 1 heterocycles. The summed E-state index contributed by atoms with van der Waals surface area (Å²) in [5.41, 5.74) is 6.65. The molecule has 0 saturated heterocycles. The van der Waals surface area contributed by atoms with Gasteiger partial charge in [-0.1, -0.05) is 20.3 Å². The van der Waals surface area contributed by atoms with Crippen LogP contribution in [0.3, 0.4) is 0 Å². The van der Waals surface area contributed by atoms with Gasteiger partial charge in [0.25, 0.3) is 0 Å². The number of rotatable bonds is 5. The minimum Gasteiger partial charge on any atom is -0.349 e. The lowest BCUT2D eigenvalue weighted by atomic mass is 9.99. The van der Waals surface area contributed by atoms with Crippen LogP contribution in [-0.2, 0) is 11.3 Å². The maximum Gasteiger partial charge on any atom is 0.237 e. The summed E-state index contributed by atoms with van der Waals surface area (Å²) in [6.45, 7) is 4.44. The van der Waals surface area contributed by atoms with E-state index >= 15 is 0 Å². The van der Waals surface area contributed by atoms with Gasteiger partial charge < -0.3 is 11.1 Å². The average Bonchev–Trinajstić information content (AvgIpc) is 2.76. The van der Waals surface area contributed by atoms with Crippen LogP contribution < -0.4 is 11.1 Å². The topological polar surface area (TPSA) is 83.8 Å². The van der Waals surface area contributed by atoms with E-state index in [0.717, 1.165) is 12.1 Å². The molecular formula is C10H18N4O. The van der Waals surface area contributed by atoms with Crippen LogP contribution in [0, 0.1) is 5.92 Å². The van der Waals surface area contributed by atoms with Crippen molar-refractivity contribution in [1.82, 2.24) is 15.5 Å². The fourth-order valence-electron chi connectivity index (χ4n) is 1.20. The Morgan fingerprint density at radius 2 is 2.47 bits per heavy atom. The summed E-state index contributed by atoms with van der Waals surface area (Å²) in [4.78, 5) is 11.6. The largest absolute Gasteiger partial charge is 0.349 e. The molecule has 84 valence electrons. The SMILES string of the molecule is CC[C@H](C)[C@H](N)C(=O)NCc1ccn[nH]1. The lowest BCUT2D eigenvalue weighted by molar-refractivity contribution is -0.123. The van der Waals surface area contributed by atoms with E-state index < -0.39 is 6.04 Å². The fourth-order valence-corrected chi connectivity index (χ4v) is 1.20. The third kappa shape index (κ3) is 3.36. The third-order valence-electron chi connectivity index (χ3n) is 2.57. The number of nitrogens with zero attached hydrogens (tertiary/aromatic N) is 1. The van der Waals surface area contributed by atoms with Crippen molar-refractivity contribution in [3.8, 4) is 0 Å². The number of hydrogen-bond donors (Lipinski definition) is 3. The Hall–Kier alpha value is -1.36. The molecule has 1 aromatic heterocycles. The van der Waals surface area contributed by atoms with Crippen LogP contribution in [-0.4, -0.2) is 22.1 Å². The van der Waals surface area contributed by atoms with Crippen LogP contribution in [0.15, 0.2) is 12.3 Å². The van der Waals surface area contributed by atoms with Gasteiger partial charge in [-0.05, 0) is 12.0 Å². The molecule has 0 fully saturated rings. The van der Waals surface area contributed by atoms with Gasteiger partial charge in [0.05, 0.1) is 18.3 Å². The van der Waals surface area contributed by atoms with E-state index in [4.69, 9.17) is 5.73 Å². The molecule has 0 bridgehead atoms. The van der Waals surface area contributed by atoms with Gasteiger partial charge in [-0.2, -0.15) is 5.10 Å². The highest BCUT2D eigenvalue weighted by Gasteiger charge is 2.18. The van der Waals surface area contributed by atoms with Gasteiger partial charge in [-0.15, -0.1) is 0 Å². The monoisotopic (exact) mass is 210 g/mol. The molecule has 0 aromatic carbocycles. The minimum absolute atomic E-state index is 0.112. The van der Waals surface area contributed by atoms with E-state index in [9.17, 15) is 4.79 Å². The van der Waals surface area contributed by atoms with Gasteiger partial charge in [0.1, 0.15) is 0 Å². The number of amides is 1. The lowest BCUT2D eigenvalue weighted by Crippen LogP contribution is -2.44. The molecule has 0 unspecified atom stereocenters. The summed E-state index contributed by atoms with van der Waals surface area (Å²) >= 11 is 0. The summed E-state index contributed by atoms with van der Waals surface area (Å²) in [7, 11) is 0. The second kappa shape index (κ2) is 5.50. The van der Waals surface area contributed by atoms with Crippen molar-refractivity contribution in [3.05, 3.63) is 18.0 Å². The Morgan fingerprint density at radius 1 is 1.73 bits per heavy atom. The molecule has 0 saturated carbocycles. The lowest BCUT2D eigenvalue weighted by Gasteiger charge is -2.17. The number of nitrogens with two attached hydrogens (primary N) is 1. The molecule has 4 N–H and O–H groups in total. The molecule has 2 atom stereocenters. The van der Waals surface area contributed by atoms with Gasteiger partial charge in [-0.3, -0.25) is 9.89 Å². The summed E-state index contributed by atoms with van der Waals surface area (Å²) in [6.07, 6.45) is 2.55. The number of aromatic nitrogens is 2. The van der Waals surface area contributed by atoms with Gasteiger partial charge in [0, 0.05) is 6.20 Å². The first kappa shape index (κ1) is 11.7. The molecule has 0 radical (unpaired) electrons. The number of nitrogens with one attached hydrogen (secondary N) is 2. The van der Waals surface area contributed by atoms with E-state index in [2.05, 4.69) is 15.5 Å². The Morgan fingerprint density at radius 3 is 3.00 bits per heavy atom. The highest BCUT2D eigenvalue weighted by molar-refractivity contribution is 5.81. The van der Waals surface area contributed by atoms with E-state index in [1.54, 1.807) is 6.20 Å². The molecule has 0 spiro atoms. The van der Waals surface area contributed by atoms with E-state index in [1.165, 1.54) is 0 Å².